The van der Waals surface area contributed by atoms with Gasteiger partial charge in [0.05, 0.1) is 47.5 Å². The number of ether oxygens (including phenoxy) is 1. The number of aromatic amines is 1. The number of H-pyrrole nitrogens is 1. The van der Waals surface area contributed by atoms with Crippen molar-refractivity contribution in [3.8, 4) is 5.69 Å². The Balaban J connectivity index is 2.27. The van der Waals surface area contributed by atoms with Crippen molar-refractivity contribution < 1.29 is 27.8 Å². The van der Waals surface area contributed by atoms with Crippen LogP contribution in [0.3, 0.4) is 0 Å². The fourth-order valence-electron chi connectivity index (χ4n) is 2.48. The van der Waals surface area contributed by atoms with Crippen LogP contribution in [0.15, 0.2) is 29.5 Å². The molecule has 142 valence electrons. The van der Waals surface area contributed by atoms with Gasteiger partial charge in [0, 0.05) is 6.20 Å². The molecular weight excluding hydrogens is 369 g/mol. The van der Waals surface area contributed by atoms with Gasteiger partial charge in [-0.15, -0.1) is 0 Å². The molecule has 0 radical (unpaired) electrons. The van der Waals surface area contributed by atoms with Gasteiger partial charge >= 0.3 is 12.1 Å². The molecule has 11 heteroatoms. The van der Waals surface area contributed by atoms with Gasteiger partial charge in [0.1, 0.15) is 0 Å². The molecule has 0 aliphatic heterocycles. The topological polar surface area (TPSA) is 110 Å². The number of fused-ring (bicyclic) bond motifs is 1. The highest BCUT2D eigenvalue weighted by molar-refractivity contribution is 5.90. The van der Waals surface area contributed by atoms with Crippen molar-refractivity contribution in [2.24, 2.45) is 0 Å². The molecule has 1 aromatic carbocycles. The molecular formula is C16H13F3N4O4. The molecule has 0 unspecified atom stereocenters. The van der Waals surface area contributed by atoms with Crippen LogP contribution in [0.4, 0.5) is 13.2 Å². The molecule has 0 atom stereocenters. The van der Waals surface area contributed by atoms with E-state index in [1.54, 1.807) is 6.92 Å². The number of nitrogens with one attached hydrogen (secondary N) is 1. The number of benzene rings is 1. The third kappa shape index (κ3) is 3.53. The van der Waals surface area contributed by atoms with E-state index in [1.807, 2.05) is 0 Å². The van der Waals surface area contributed by atoms with E-state index in [2.05, 4.69) is 15.0 Å². The van der Waals surface area contributed by atoms with Gasteiger partial charge < -0.3 is 19.4 Å². The Morgan fingerprint density at radius 3 is 2.70 bits per heavy atom. The highest BCUT2D eigenvalue weighted by Gasteiger charge is 2.35. The molecule has 0 aliphatic rings. The largest absolute Gasteiger partial charge is 0.461 e. The number of aliphatic hydroxyl groups excluding tert-OH is 1. The number of hydrogen-bond acceptors (Lipinski definition) is 6. The summed E-state index contributed by atoms with van der Waals surface area (Å²) in [4.78, 5) is 33.6. The zero-order chi connectivity index (χ0) is 19.8. The summed E-state index contributed by atoms with van der Waals surface area (Å²) in [7, 11) is 0. The molecule has 0 amide bonds. The van der Waals surface area contributed by atoms with Crippen molar-refractivity contribution >= 4 is 17.0 Å². The maximum atomic E-state index is 13.5. The molecule has 3 rings (SSSR count). The first-order valence-electron chi connectivity index (χ1n) is 7.71. The summed E-state index contributed by atoms with van der Waals surface area (Å²) in [5.41, 5.74) is -2.94. The number of nitrogens with zero attached hydrogens (tertiary/aromatic N) is 3. The van der Waals surface area contributed by atoms with Crippen LogP contribution in [0.5, 0.6) is 0 Å². The lowest BCUT2D eigenvalue weighted by molar-refractivity contribution is -0.137. The predicted octanol–water partition coefficient (Wildman–Crippen LogP) is 1.80. The molecule has 2 aromatic heterocycles. The van der Waals surface area contributed by atoms with Crippen LogP contribution in [0.25, 0.3) is 16.7 Å². The van der Waals surface area contributed by atoms with E-state index in [0.717, 1.165) is 23.0 Å². The number of carbonyl (C=O) groups excluding carboxylic acids is 1. The highest BCUT2D eigenvalue weighted by Crippen LogP contribution is 2.35. The summed E-state index contributed by atoms with van der Waals surface area (Å²) in [6, 6.07) is 1.80. The Hall–Kier alpha value is -3.21. The molecule has 3 aromatic rings. The minimum atomic E-state index is -4.73. The molecule has 0 bridgehead atoms. The number of imidazole rings is 1. The van der Waals surface area contributed by atoms with E-state index >= 15 is 0 Å². The zero-order valence-electron chi connectivity index (χ0n) is 13.9. The number of aromatic nitrogens is 4. The average Bonchev–Trinajstić information content (AvgIpc) is 3.08. The number of carbonyl (C=O) groups is 1. The molecule has 0 spiro atoms. The van der Waals surface area contributed by atoms with Gasteiger partial charge in [0.2, 0.25) is 5.69 Å². The minimum absolute atomic E-state index is 0.00915. The van der Waals surface area contributed by atoms with Crippen LogP contribution in [0, 0.1) is 0 Å². The maximum Gasteiger partial charge on any atom is 0.418 e. The van der Waals surface area contributed by atoms with E-state index < -0.39 is 35.6 Å². The van der Waals surface area contributed by atoms with Gasteiger partial charge in [-0.3, -0.25) is 4.79 Å². The van der Waals surface area contributed by atoms with Crippen molar-refractivity contribution in [3.05, 3.63) is 52.0 Å². The molecule has 2 heterocycles. The lowest BCUT2D eigenvalue weighted by atomic mass is 10.1. The van der Waals surface area contributed by atoms with Gasteiger partial charge in [0.15, 0.2) is 0 Å². The van der Waals surface area contributed by atoms with Crippen molar-refractivity contribution in [3.63, 3.8) is 0 Å². The quantitative estimate of drug-likeness (QED) is 0.666. The summed E-state index contributed by atoms with van der Waals surface area (Å²) in [6.07, 6.45) is -2.39. The number of alkyl halides is 3. The fourth-order valence-corrected chi connectivity index (χ4v) is 2.48. The van der Waals surface area contributed by atoms with Gasteiger partial charge in [-0.25, -0.2) is 14.8 Å². The molecule has 27 heavy (non-hydrogen) atoms. The second kappa shape index (κ2) is 6.83. The van der Waals surface area contributed by atoms with E-state index in [9.17, 15) is 22.8 Å². The van der Waals surface area contributed by atoms with Gasteiger partial charge in [-0.2, -0.15) is 13.2 Å². The van der Waals surface area contributed by atoms with Crippen LogP contribution < -0.4 is 5.56 Å². The van der Waals surface area contributed by atoms with Gasteiger partial charge in [0.25, 0.3) is 5.56 Å². The Morgan fingerprint density at radius 1 is 1.37 bits per heavy atom. The standard InChI is InChI=1S/C16H13F3N4O4/c1-2-27-15(26)13-14(25)22-10-3-9(16(17,18)19)12(4-11(10)21-13)23-5-8(6-24)20-7-23/h3-5,7,24H,2,6H2,1H3,(H,22,25). The number of esters is 1. The van der Waals surface area contributed by atoms with Crippen LogP contribution in [-0.4, -0.2) is 37.2 Å². The molecule has 0 saturated carbocycles. The number of hydrogen-bond donors (Lipinski definition) is 2. The summed E-state index contributed by atoms with van der Waals surface area (Å²) in [5, 5.41) is 9.08. The van der Waals surface area contributed by atoms with Crippen molar-refractivity contribution in [2.45, 2.75) is 19.7 Å². The first kappa shape index (κ1) is 18.6. The SMILES string of the molecule is CCOC(=O)c1nc2cc(-n3cnc(CO)c3)c(C(F)(F)F)cc2[nH]c1=O. The molecule has 8 nitrogen and oxygen atoms in total. The van der Waals surface area contributed by atoms with Gasteiger partial charge in [-0.05, 0) is 19.1 Å². The van der Waals surface area contributed by atoms with E-state index in [-0.39, 0.29) is 29.0 Å². The lowest BCUT2D eigenvalue weighted by Crippen LogP contribution is -2.22. The zero-order valence-corrected chi connectivity index (χ0v) is 13.9. The van der Waals surface area contributed by atoms with E-state index in [0.29, 0.717) is 0 Å². The Bertz CT molecular complexity index is 1070. The lowest BCUT2D eigenvalue weighted by Gasteiger charge is -2.14. The normalized spacial score (nSPS) is 11.7. The second-order valence-corrected chi connectivity index (χ2v) is 5.45. The average molecular weight is 382 g/mol. The highest BCUT2D eigenvalue weighted by atomic mass is 19.4. The first-order valence-corrected chi connectivity index (χ1v) is 7.71. The van der Waals surface area contributed by atoms with Gasteiger partial charge in [-0.1, -0.05) is 0 Å². The van der Waals surface area contributed by atoms with Crippen LogP contribution in [-0.2, 0) is 17.5 Å². The molecule has 0 aliphatic carbocycles. The van der Waals surface area contributed by atoms with Crippen molar-refractivity contribution in [1.29, 1.82) is 0 Å². The number of halogens is 3. The predicted molar refractivity (Wildman–Crippen MR) is 86.4 cm³/mol. The maximum absolute atomic E-state index is 13.5. The van der Waals surface area contributed by atoms with Crippen molar-refractivity contribution in [1.82, 2.24) is 19.5 Å². The minimum Gasteiger partial charge on any atom is -0.461 e. The second-order valence-electron chi connectivity index (χ2n) is 5.45. The van der Waals surface area contributed by atoms with Crippen LogP contribution in [0.1, 0.15) is 28.7 Å². The first-order chi connectivity index (χ1) is 12.7. The Kier molecular flexibility index (Phi) is 4.70. The molecule has 0 fully saturated rings. The summed E-state index contributed by atoms with van der Waals surface area (Å²) >= 11 is 0. The smallest absolute Gasteiger partial charge is 0.418 e. The number of rotatable bonds is 4. The summed E-state index contributed by atoms with van der Waals surface area (Å²) in [6.45, 7) is 1.11. The molecule has 2 N–H and O–H groups in total. The third-order valence-corrected chi connectivity index (χ3v) is 3.66. The Labute approximate surface area is 149 Å². The molecule has 0 saturated heterocycles. The third-order valence-electron chi connectivity index (χ3n) is 3.66. The monoisotopic (exact) mass is 382 g/mol. The van der Waals surface area contributed by atoms with Crippen LogP contribution in [0.2, 0.25) is 0 Å². The summed E-state index contributed by atoms with van der Waals surface area (Å²) < 4.78 is 46.3. The number of aliphatic hydroxyl groups is 1. The summed E-state index contributed by atoms with van der Waals surface area (Å²) in [5.74, 6) is -0.979. The van der Waals surface area contributed by atoms with Crippen molar-refractivity contribution in [2.75, 3.05) is 6.61 Å². The Morgan fingerprint density at radius 2 is 2.11 bits per heavy atom. The van der Waals surface area contributed by atoms with E-state index in [1.165, 1.54) is 6.20 Å². The fraction of sp³-hybridized carbons (Fsp3) is 0.250. The van der Waals surface area contributed by atoms with Crippen LogP contribution >= 0.6 is 0 Å². The van der Waals surface area contributed by atoms with E-state index in [4.69, 9.17) is 9.84 Å².